The van der Waals surface area contributed by atoms with Crippen molar-refractivity contribution < 1.29 is 4.74 Å². The van der Waals surface area contributed by atoms with E-state index in [0.29, 0.717) is 12.6 Å². The molecule has 2 nitrogen and oxygen atoms in total. The smallest absolute Gasteiger partial charge is 0.124 e. The Morgan fingerprint density at radius 2 is 1.86 bits per heavy atom. The lowest BCUT2D eigenvalue weighted by Gasteiger charge is -2.13. The molecule has 0 unspecified atom stereocenters. The Kier molecular flexibility index (Phi) is 4.99. The van der Waals surface area contributed by atoms with Gasteiger partial charge >= 0.3 is 0 Å². The van der Waals surface area contributed by atoms with E-state index in [1.807, 2.05) is 30.3 Å². The standard InChI is InChI=1S/C17H17Br2NO/c18-14-5-8-17(13(9-14)10-20-15-6-7-15)21-11-12-3-1-2-4-16(12)19/h1-5,8-9,15,20H,6-7,10-11H2. The first-order valence-corrected chi connectivity index (χ1v) is 8.69. The maximum absolute atomic E-state index is 6.02. The monoisotopic (exact) mass is 409 g/mol. The molecule has 0 radical (unpaired) electrons. The van der Waals surface area contributed by atoms with Gasteiger partial charge in [-0.25, -0.2) is 0 Å². The lowest BCUT2D eigenvalue weighted by Crippen LogP contribution is -2.16. The minimum atomic E-state index is 0.569. The lowest BCUT2D eigenvalue weighted by molar-refractivity contribution is 0.301. The Hall–Kier alpha value is -0.840. The second-order valence-corrected chi connectivity index (χ2v) is 7.06. The molecule has 21 heavy (non-hydrogen) atoms. The molecule has 0 spiro atoms. The van der Waals surface area contributed by atoms with E-state index in [1.165, 1.54) is 18.4 Å². The first-order chi connectivity index (χ1) is 10.2. The second-order valence-electron chi connectivity index (χ2n) is 5.29. The minimum absolute atomic E-state index is 0.569. The van der Waals surface area contributed by atoms with Crippen LogP contribution in [0.3, 0.4) is 0 Å². The molecule has 0 atom stereocenters. The van der Waals surface area contributed by atoms with E-state index in [-0.39, 0.29) is 0 Å². The van der Waals surface area contributed by atoms with Crippen LogP contribution in [0.4, 0.5) is 0 Å². The molecule has 4 heteroatoms. The highest BCUT2D eigenvalue weighted by Gasteiger charge is 2.20. The SMILES string of the molecule is Brc1ccc(OCc2ccccc2Br)c(CNC2CC2)c1. The fourth-order valence-electron chi connectivity index (χ4n) is 2.14. The first-order valence-electron chi connectivity index (χ1n) is 7.10. The van der Waals surface area contributed by atoms with E-state index in [0.717, 1.165) is 26.8 Å². The fourth-order valence-corrected chi connectivity index (χ4v) is 2.95. The number of rotatable bonds is 6. The van der Waals surface area contributed by atoms with Crippen molar-refractivity contribution in [3.05, 3.63) is 62.5 Å². The molecule has 0 bridgehead atoms. The molecule has 0 aliphatic heterocycles. The third-order valence-corrected chi connectivity index (χ3v) is 4.79. The number of nitrogens with one attached hydrogen (secondary N) is 1. The van der Waals surface area contributed by atoms with Gasteiger partial charge in [-0.3, -0.25) is 0 Å². The summed E-state index contributed by atoms with van der Waals surface area (Å²) in [6.45, 7) is 1.43. The summed E-state index contributed by atoms with van der Waals surface area (Å²) in [7, 11) is 0. The maximum Gasteiger partial charge on any atom is 0.124 e. The van der Waals surface area contributed by atoms with Crippen molar-refractivity contribution >= 4 is 31.9 Å². The van der Waals surface area contributed by atoms with Gasteiger partial charge in [0.25, 0.3) is 0 Å². The van der Waals surface area contributed by atoms with Gasteiger partial charge in [0.1, 0.15) is 12.4 Å². The van der Waals surface area contributed by atoms with Gasteiger partial charge in [-0.05, 0) is 37.1 Å². The molecule has 2 aromatic carbocycles. The zero-order chi connectivity index (χ0) is 14.7. The van der Waals surface area contributed by atoms with Crippen LogP contribution in [0, 0.1) is 0 Å². The molecule has 1 N–H and O–H groups in total. The summed E-state index contributed by atoms with van der Waals surface area (Å²) in [5, 5.41) is 3.54. The Morgan fingerprint density at radius 1 is 1.05 bits per heavy atom. The molecule has 3 rings (SSSR count). The van der Waals surface area contributed by atoms with Gasteiger partial charge < -0.3 is 10.1 Å². The highest BCUT2D eigenvalue weighted by atomic mass is 79.9. The molecular weight excluding hydrogens is 394 g/mol. The van der Waals surface area contributed by atoms with Crippen LogP contribution in [-0.2, 0) is 13.2 Å². The van der Waals surface area contributed by atoms with Crippen LogP contribution in [0.2, 0.25) is 0 Å². The Balaban J connectivity index is 1.70. The molecule has 0 aromatic heterocycles. The molecule has 2 aromatic rings. The Labute approximate surface area is 142 Å². The van der Waals surface area contributed by atoms with Gasteiger partial charge in [0, 0.05) is 32.7 Å². The molecule has 1 saturated carbocycles. The Morgan fingerprint density at radius 3 is 2.62 bits per heavy atom. The van der Waals surface area contributed by atoms with Crippen LogP contribution >= 0.6 is 31.9 Å². The van der Waals surface area contributed by atoms with Gasteiger partial charge in [-0.1, -0.05) is 50.1 Å². The largest absolute Gasteiger partial charge is 0.489 e. The van der Waals surface area contributed by atoms with Crippen LogP contribution in [0.15, 0.2) is 51.4 Å². The molecule has 0 heterocycles. The molecule has 1 fully saturated rings. The number of ether oxygens (including phenoxy) is 1. The van der Waals surface area contributed by atoms with Gasteiger partial charge in [0.05, 0.1) is 0 Å². The van der Waals surface area contributed by atoms with Crippen molar-refractivity contribution in [2.24, 2.45) is 0 Å². The molecule has 110 valence electrons. The van der Waals surface area contributed by atoms with Crippen LogP contribution in [0.25, 0.3) is 0 Å². The number of hydrogen-bond acceptors (Lipinski definition) is 2. The number of benzene rings is 2. The number of halogens is 2. The van der Waals surface area contributed by atoms with Crippen molar-refractivity contribution in [3.8, 4) is 5.75 Å². The average molecular weight is 411 g/mol. The summed E-state index contributed by atoms with van der Waals surface area (Å²) >= 11 is 7.09. The second kappa shape index (κ2) is 6.95. The number of hydrogen-bond donors (Lipinski definition) is 1. The van der Waals surface area contributed by atoms with Crippen molar-refractivity contribution in [2.75, 3.05) is 0 Å². The van der Waals surface area contributed by atoms with Crippen LogP contribution < -0.4 is 10.1 Å². The topological polar surface area (TPSA) is 21.3 Å². The maximum atomic E-state index is 6.02. The van der Waals surface area contributed by atoms with Gasteiger partial charge in [0.2, 0.25) is 0 Å². The fraction of sp³-hybridized carbons (Fsp3) is 0.294. The summed E-state index contributed by atoms with van der Waals surface area (Å²) in [5.41, 5.74) is 2.35. The van der Waals surface area contributed by atoms with Crippen molar-refractivity contribution in [1.29, 1.82) is 0 Å². The van der Waals surface area contributed by atoms with E-state index < -0.39 is 0 Å². The highest BCUT2D eigenvalue weighted by Crippen LogP contribution is 2.27. The predicted octanol–water partition coefficient (Wildman–Crippen LogP) is 5.04. The zero-order valence-electron chi connectivity index (χ0n) is 11.6. The van der Waals surface area contributed by atoms with E-state index in [1.54, 1.807) is 0 Å². The van der Waals surface area contributed by atoms with Gasteiger partial charge in [-0.15, -0.1) is 0 Å². The van der Waals surface area contributed by atoms with E-state index >= 15 is 0 Å². The lowest BCUT2D eigenvalue weighted by atomic mass is 10.2. The van der Waals surface area contributed by atoms with Crippen molar-refractivity contribution in [2.45, 2.75) is 32.0 Å². The first kappa shape index (κ1) is 15.1. The molecule has 1 aliphatic rings. The summed E-state index contributed by atoms with van der Waals surface area (Å²) < 4.78 is 8.19. The summed E-state index contributed by atoms with van der Waals surface area (Å²) in [5.74, 6) is 0.946. The summed E-state index contributed by atoms with van der Waals surface area (Å²) in [4.78, 5) is 0. The summed E-state index contributed by atoms with van der Waals surface area (Å²) in [6.07, 6.45) is 2.59. The van der Waals surface area contributed by atoms with E-state index in [9.17, 15) is 0 Å². The summed E-state index contributed by atoms with van der Waals surface area (Å²) in [6, 6.07) is 15.0. The zero-order valence-corrected chi connectivity index (χ0v) is 14.8. The van der Waals surface area contributed by atoms with Crippen LogP contribution in [0.5, 0.6) is 5.75 Å². The Bertz CT molecular complexity index is 626. The minimum Gasteiger partial charge on any atom is -0.489 e. The van der Waals surface area contributed by atoms with Crippen molar-refractivity contribution in [1.82, 2.24) is 5.32 Å². The molecule has 1 aliphatic carbocycles. The van der Waals surface area contributed by atoms with E-state index in [4.69, 9.17) is 4.74 Å². The van der Waals surface area contributed by atoms with Gasteiger partial charge in [-0.2, -0.15) is 0 Å². The average Bonchev–Trinajstić information content (AvgIpc) is 3.30. The van der Waals surface area contributed by atoms with Crippen LogP contribution in [-0.4, -0.2) is 6.04 Å². The third kappa shape index (κ3) is 4.31. The van der Waals surface area contributed by atoms with E-state index in [2.05, 4.69) is 49.3 Å². The molecular formula is C17H17Br2NO. The normalized spacial score (nSPS) is 14.2. The van der Waals surface area contributed by atoms with Crippen molar-refractivity contribution in [3.63, 3.8) is 0 Å². The van der Waals surface area contributed by atoms with Crippen LogP contribution in [0.1, 0.15) is 24.0 Å². The molecule has 0 amide bonds. The van der Waals surface area contributed by atoms with Gasteiger partial charge in [0.15, 0.2) is 0 Å². The predicted molar refractivity (Wildman–Crippen MR) is 92.5 cm³/mol. The molecule has 0 saturated heterocycles. The quantitative estimate of drug-likeness (QED) is 0.719. The highest BCUT2D eigenvalue weighted by molar-refractivity contribution is 9.10. The third-order valence-electron chi connectivity index (χ3n) is 3.52.